The predicted octanol–water partition coefficient (Wildman–Crippen LogP) is 1.58. The van der Waals surface area contributed by atoms with E-state index in [0.29, 0.717) is 5.52 Å². The number of fused-ring (bicyclic) bond motifs is 1. The lowest BCUT2D eigenvalue weighted by Gasteiger charge is -2.12. The molecule has 3 N–H and O–H groups in total. The van der Waals surface area contributed by atoms with Gasteiger partial charge in [0.1, 0.15) is 0 Å². The first-order valence-corrected chi connectivity index (χ1v) is 5.49. The molecular formula is C10H8Cl2N2O3. The first-order valence-electron chi connectivity index (χ1n) is 4.74. The van der Waals surface area contributed by atoms with Crippen molar-refractivity contribution in [1.82, 2.24) is 9.97 Å². The van der Waals surface area contributed by atoms with Crippen LogP contribution in [0, 0.1) is 0 Å². The second-order valence-corrected chi connectivity index (χ2v) is 4.38. The molecule has 1 aromatic heterocycles. The fourth-order valence-electron chi connectivity index (χ4n) is 1.62. The molecule has 0 aliphatic rings. The van der Waals surface area contributed by atoms with E-state index < -0.39 is 17.2 Å². The summed E-state index contributed by atoms with van der Waals surface area (Å²) >= 11 is 11.8. The summed E-state index contributed by atoms with van der Waals surface area (Å²) in [6.45, 7) is 1.49. The minimum absolute atomic E-state index is 0.150. The molecule has 0 aliphatic heterocycles. The molecule has 1 atom stereocenters. The van der Waals surface area contributed by atoms with Crippen molar-refractivity contribution in [3.05, 3.63) is 42.4 Å². The smallest absolute Gasteiger partial charge is 0.314 e. The van der Waals surface area contributed by atoms with Crippen LogP contribution in [0.5, 0.6) is 0 Å². The normalized spacial score (nSPS) is 12.9. The van der Waals surface area contributed by atoms with E-state index in [-0.39, 0.29) is 21.1 Å². The van der Waals surface area contributed by atoms with Gasteiger partial charge in [-0.05, 0) is 13.0 Å². The Bertz CT molecular complexity index is 703. The Kier molecular flexibility index (Phi) is 2.99. The minimum atomic E-state index is -0.926. The van der Waals surface area contributed by atoms with Crippen LogP contribution >= 0.6 is 23.2 Å². The Morgan fingerprint density at radius 1 is 1.24 bits per heavy atom. The SMILES string of the molecule is CC(O)c1c(Cl)c(Cl)cc2[nH]c(=O)c(=O)[nH]c12. The standard InChI is InChI=1S/C10H8Cl2N2O3/c1-3(15)6-7(12)4(11)2-5-8(6)14-10(17)9(16)13-5/h2-3,15H,1H3,(H,13,16)(H,14,17). The van der Waals surface area contributed by atoms with Gasteiger partial charge in [0.2, 0.25) is 0 Å². The van der Waals surface area contributed by atoms with E-state index in [1.54, 1.807) is 0 Å². The highest BCUT2D eigenvalue weighted by molar-refractivity contribution is 6.43. The summed E-state index contributed by atoms with van der Waals surface area (Å²) in [6, 6.07) is 1.42. The summed E-state index contributed by atoms with van der Waals surface area (Å²) in [4.78, 5) is 27.2. The zero-order chi connectivity index (χ0) is 12.7. The van der Waals surface area contributed by atoms with Crippen molar-refractivity contribution in [2.24, 2.45) is 0 Å². The number of hydrogen-bond acceptors (Lipinski definition) is 3. The van der Waals surface area contributed by atoms with Crippen molar-refractivity contribution in [2.45, 2.75) is 13.0 Å². The molecule has 2 aromatic rings. The van der Waals surface area contributed by atoms with Crippen LogP contribution < -0.4 is 11.1 Å². The lowest BCUT2D eigenvalue weighted by Crippen LogP contribution is -2.29. The largest absolute Gasteiger partial charge is 0.389 e. The Morgan fingerprint density at radius 2 is 1.82 bits per heavy atom. The Labute approximate surface area is 105 Å². The van der Waals surface area contributed by atoms with E-state index in [2.05, 4.69) is 9.97 Å². The van der Waals surface area contributed by atoms with Gasteiger partial charge in [-0.25, -0.2) is 0 Å². The quantitative estimate of drug-likeness (QED) is 0.690. The second-order valence-electron chi connectivity index (χ2n) is 3.59. The van der Waals surface area contributed by atoms with Crippen molar-refractivity contribution in [1.29, 1.82) is 0 Å². The molecule has 0 saturated heterocycles. The minimum Gasteiger partial charge on any atom is -0.389 e. The maximum Gasteiger partial charge on any atom is 0.314 e. The molecule has 0 saturated carbocycles. The highest BCUT2D eigenvalue weighted by atomic mass is 35.5. The number of H-pyrrole nitrogens is 2. The molecule has 5 nitrogen and oxygen atoms in total. The number of benzene rings is 1. The van der Waals surface area contributed by atoms with E-state index in [1.807, 2.05) is 0 Å². The number of aliphatic hydroxyl groups excluding tert-OH is 1. The van der Waals surface area contributed by atoms with E-state index in [0.717, 1.165) is 0 Å². The molecule has 0 spiro atoms. The van der Waals surface area contributed by atoms with E-state index in [1.165, 1.54) is 13.0 Å². The number of rotatable bonds is 1. The van der Waals surface area contributed by atoms with Gasteiger partial charge in [0.15, 0.2) is 0 Å². The summed E-state index contributed by atoms with van der Waals surface area (Å²) in [5.74, 6) is 0. The third kappa shape index (κ3) is 1.97. The van der Waals surface area contributed by atoms with Gasteiger partial charge in [0.05, 0.1) is 27.2 Å². The predicted molar refractivity (Wildman–Crippen MR) is 65.8 cm³/mol. The van der Waals surface area contributed by atoms with Gasteiger partial charge in [0, 0.05) is 5.56 Å². The van der Waals surface area contributed by atoms with Gasteiger partial charge in [-0.1, -0.05) is 23.2 Å². The molecule has 2 rings (SSSR count). The van der Waals surface area contributed by atoms with Crippen molar-refractivity contribution >= 4 is 34.2 Å². The summed E-state index contributed by atoms with van der Waals surface area (Å²) in [5, 5.41) is 9.97. The molecule has 0 amide bonds. The fraction of sp³-hybridized carbons (Fsp3) is 0.200. The van der Waals surface area contributed by atoms with Crippen LogP contribution in [0.3, 0.4) is 0 Å². The zero-order valence-corrected chi connectivity index (χ0v) is 10.2. The van der Waals surface area contributed by atoms with Crippen LogP contribution in [-0.4, -0.2) is 15.1 Å². The maximum absolute atomic E-state index is 11.2. The monoisotopic (exact) mass is 274 g/mol. The number of aliphatic hydroxyl groups is 1. The Balaban J connectivity index is 3.03. The highest BCUT2D eigenvalue weighted by Gasteiger charge is 2.16. The van der Waals surface area contributed by atoms with Crippen LogP contribution in [0.25, 0.3) is 11.0 Å². The first-order chi connectivity index (χ1) is 7.91. The van der Waals surface area contributed by atoms with Crippen LogP contribution in [0.1, 0.15) is 18.6 Å². The topological polar surface area (TPSA) is 85.9 Å². The molecule has 0 radical (unpaired) electrons. The van der Waals surface area contributed by atoms with Gasteiger partial charge in [-0.15, -0.1) is 0 Å². The first kappa shape index (κ1) is 12.2. The van der Waals surface area contributed by atoms with E-state index in [9.17, 15) is 14.7 Å². The van der Waals surface area contributed by atoms with Gasteiger partial charge in [0.25, 0.3) is 0 Å². The number of aromatic amines is 2. The van der Waals surface area contributed by atoms with Crippen molar-refractivity contribution in [3.63, 3.8) is 0 Å². The number of nitrogens with one attached hydrogen (secondary N) is 2. The maximum atomic E-state index is 11.2. The Hall–Kier alpha value is -1.30. The number of aromatic nitrogens is 2. The molecule has 0 aliphatic carbocycles. The summed E-state index contributed by atoms with van der Waals surface area (Å²) in [5.41, 5.74) is -0.716. The van der Waals surface area contributed by atoms with Gasteiger partial charge in [-0.2, -0.15) is 0 Å². The molecule has 0 fully saturated rings. The molecular weight excluding hydrogens is 267 g/mol. The molecule has 1 aromatic carbocycles. The molecule has 1 heterocycles. The van der Waals surface area contributed by atoms with Crippen molar-refractivity contribution < 1.29 is 5.11 Å². The lowest BCUT2D eigenvalue weighted by atomic mass is 10.1. The summed E-state index contributed by atoms with van der Waals surface area (Å²) in [7, 11) is 0. The molecule has 0 bridgehead atoms. The molecule has 17 heavy (non-hydrogen) atoms. The number of halogens is 2. The van der Waals surface area contributed by atoms with Crippen LogP contribution in [-0.2, 0) is 0 Å². The van der Waals surface area contributed by atoms with E-state index in [4.69, 9.17) is 23.2 Å². The lowest BCUT2D eigenvalue weighted by molar-refractivity contribution is 0.200. The fourth-order valence-corrected chi connectivity index (χ4v) is 2.14. The molecule has 7 heteroatoms. The average Bonchev–Trinajstić information content (AvgIpc) is 2.23. The third-order valence-electron chi connectivity index (χ3n) is 2.37. The van der Waals surface area contributed by atoms with Gasteiger partial charge in [-0.3, -0.25) is 9.59 Å². The average molecular weight is 275 g/mol. The van der Waals surface area contributed by atoms with Crippen molar-refractivity contribution in [3.8, 4) is 0 Å². The van der Waals surface area contributed by atoms with Gasteiger partial charge < -0.3 is 15.1 Å². The number of hydrogen-bond donors (Lipinski definition) is 3. The third-order valence-corrected chi connectivity index (χ3v) is 3.17. The van der Waals surface area contributed by atoms with E-state index >= 15 is 0 Å². The summed E-state index contributed by atoms with van der Waals surface area (Å²) in [6.07, 6.45) is -0.926. The second kappa shape index (κ2) is 4.18. The van der Waals surface area contributed by atoms with Crippen LogP contribution in [0.4, 0.5) is 0 Å². The van der Waals surface area contributed by atoms with Crippen LogP contribution in [0.15, 0.2) is 15.7 Å². The molecule has 90 valence electrons. The van der Waals surface area contributed by atoms with Crippen molar-refractivity contribution in [2.75, 3.05) is 0 Å². The summed E-state index contributed by atoms with van der Waals surface area (Å²) < 4.78 is 0. The molecule has 1 unspecified atom stereocenters. The Morgan fingerprint density at radius 3 is 2.41 bits per heavy atom. The highest BCUT2D eigenvalue weighted by Crippen LogP contribution is 2.34. The van der Waals surface area contributed by atoms with Crippen LogP contribution in [0.2, 0.25) is 10.0 Å². The van der Waals surface area contributed by atoms with Gasteiger partial charge >= 0.3 is 11.1 Å². The zero-order valence-electron chi connectivity index (χ0n) is 8.67.